The Morgan fingerprint density at radius 2 is 1.74 bits per heavy atom. The minimum absolute atomic E-state index is 0.120. The lowest BCUT2D eigenvalue weighted by atomic mass is 10.0. The molecule has 1 atom stereocenters. The summed E-state index contributed by atoms with van der Waals surface area (Å²) in [7, 11) is 0. The molecule has 6 heteroatoms. The number of rotatable bonds is 7. The van der Waals surface area contributed by atoms with Gasteiger partial charge in [0.25, 0.3) is 0 Å². The van der Waals surface area contributed by atoms with Crippen LogP contribution in [0.2, 0.25) is 0 Å². The first-order chi connectivity index (χ1) is 15.1. The van der Waals surface area contributed by atoms with Gasteiger partial charge in [-0.3, -0.25) is 4.79 Å². The van der Waals surface area contributed by atoms with Gasteiger partial charge in [-0.1, -0.05) is 18.9 Å². The second-order valence-electron chi connectivity index (χ2n) is 9.73. The summed E-state index contributed by atoms with van der Waals surface area (Å²) in [6.45, 7) is 11.1. The van der Waals surface area contributed by atoms with E-state index in [-0.39, 0.29) is 18.1 Å². The number of likely N-dealkylation sites (tertiary alicyclic amines) is 2. The molecule has 3 aliphatic heterocycles. The standard InChI is InChI=1S/C25H40N4O2/c1-19(2)31-24-9-7-8-22-21(24)18-23(27-22)25(30)26-20-10-14-29(15-11-20)17-16-28-12-5-3-4-6-13-28/h7-9,19-20,23,27H,3-6,10-18H2,1-2H3,(H,26,30). The van der Waals surface area contributed by atoms with Gasteiger partial charge in [-0.15, -0.1) is 0 Å². The number of piperidine rings is 1. The third-order valence-electron chi connectivity index (χ3n) is 6.92. The molecular weight excluding hydrogens is 388 g/mol. The second-order valence-corrected chi connectivity index (χ2v) is 9.73. The van der Waals surface area contributed by atoms with Gasteiger partial charge in [0.15, 0.2) is 0 Å². The molecule has 2 fully saturated rings. The van der Waals surface area contributed by atoms with Crippen LogP contribution in [0.4, 0.5) is 5.69 Å². The maximum absolute atomic E-state index is 12.9. The summed E-state index contributed by atoms with van der Waals surface area (Å²) in [5.74, 6) is 1.02. The van der Waals surface area contributed by atoms with Crippen LogP contribution in [-0.4, -0.2) is 73.2 Å². The maximum atomic E-state index is 12.9. The summed E-state index contributed by atoms with van der Waals surface area (Å²) in [4.78, 5) is 18.1. The number of nitrogens with zero attached hydrogens (tertiary/aromatic N) is 2. The van der Waals surface area contributed by atoms with Gasteiger partial charge in [-0.2, -0.15) is 0 Å². The van der Waals surface area contributed by atoms with E-state index in [1.54, 1.807) is 0 Å². The number of ether oxygens (including phenoxy) is 1. The Labute approximate surface area is 187 Å². The largest absolute Gasteiger partial charge is 0.491 e. The molecule has 0 aliphatic carbocycles. The van der Waals surface area contributed by atoms with E-state index in [0.29, 0.717) is 12.5 Å². The molecule has 1 aromatic rings. The van der Waals surface area contributed by atoms with Crippen molar-refractivity contribution in [3.8, 4) is 5.75 Å². The predicted octanol–water partition coefficient (Wildman–Crippen LogP) is 3.27. The molecule has 172 valence electrons. The second kappa shape index (κ2) is 10.7. The Kier molecular flexibility index (Phi) is 7.72. The van der Waals surface area contributed by atoms with Gasteiger partial charge in [0, 0.05) is 49.9 Å². The molecule has 0 bridgehead atoms. The van der Waals surface area contributed by atoms with E-state index in [1.807, 2.05) is 32.0 Å². The van der Waals surface area contributed by atoms with Crippen molar-refractivity contribution < 1.29 is 9.53 Å². The molecule has 0 saturated carbocycles. The van der Waals surface area contributed by atoms with Crippen LogP contribution in [0.25, 0.3) is 0 Å². The number of anilines is 1. The maximum Gasteiger partial charge on any atom is 0.243 e. The molecule has 3 heterocycles. The first-order valence-corrected chi connectivity index (χ1v) is 12.4. The van der Waals surface area contributed by atoms with E-state index in [9.17, 15) is 4.79 Å². The molecule has 4 rings (SSSR count). The SMILES string of the molecule is CC(C)Oc1cccc2c1CC(C(=O)NC1CCN(CCN3CCCCCC3)CC1)N2. The number of fused-ring (bicyclic) bond motifs is 1. The summed E-state index contributed by atoms with van der Waals surface area (Å²) >= 11 is 0. The average Bonchev–Trinajstić information content (AvgIpc) is 3.03. The molecule has 3 aliphatic rings. The summed E-state index contributed by atoms with van der Waals surface area (Å²) in [5, 5.41) is 6.71. The Hall–Kier alpha value is -1.79. The van der Waals surface area contributed by atoms with Gasteiger partial charge in [-0.25, -0.2) is 0 Å². The zero-order chi connectivity index (χ0) is 21.6. The van der Waals surface area contributed by atoms with Crippen LogP contribution in [0.5, 0.6) is 5.75 Å². The lowest BCUT2D eigenvalue weighted by Crippen LogP contribution is -2.49. The van der Waals surface area contributed by atoms with Crippen LogP contribution in [0, 0.1) is 0 Å². The fourth-order valence-corrected chi connectivity index (χ4v) is 5.12. The highest BCUT2D eigenvalue weighted by molar-refractivity contribution is 5.88. The Bertz CT molecular complexity index is 722. The molecule has 1 amide bonds. The Balaban J connectivity index is 1.20. The normalized spacial score (nSPS) is 23.3. The number of carbonyl (C=O) groups excluding carboxylic acids is 1. The number of nitrogens with one attached hydrogen (secondary N) is 2. The van der Waals surface area contributed by atoms with Gasteiger partial charge in [-0.05, 0) is 64.8 Å². The molecule has 1 unspecified atom stereocenters. The predicted molar refractivity (Wildman–Crippen MR) is 126 cm³/mol. The van der Waals surface area contributed by atoms with E-state index in [0.717, 1.165) is 42.9 Å². The molecule has 2 saturated heterocycles. The van der Waals surface area contributed by atoms with Crippen molar-refractivity contribution in [2.45, 2.75) is 77.0 Å². The Morgan fingerprint density at radius 3 is 2.42 bits per heavy atom. The summed E-state index contributed by atoms with van der Waals surface area (Å²) in [6.07, 6.45) is 8.43. The fraction of sp³-hybridized carbons (Fsp3) is 0.720. The van der Waals surface area contributed by atoms with Crippen molar-refractivity contribution >= 4 is 11.6 Å². The van der Waals surface area contributed by atoms with Gasteiger partial charge < -0.3 is 25.2 Å². The highest BCUT2D eigenvalue weighted by Gasteiger charge is 2.31. The van der Waals surface area contributed by atoms with Crippen molar-refractivity contribution in [2.75, 3.05) is 44.6 Å². The summed E-state index contributed by atoms with van der Waals surface area (Å²) in [5.41, 5.74) is 2.15. The van der Waals surface area contributed by atoms with Crippen LogP contribution < -0.4 is 15.4 Å². The number of amides is 1. The molecule has 0 aromatic heterocycles. The first kappa shape index (κ1) is 22.4. The van der Waals surface area contributed by atoms with Gasteiger partial charge in [0.05, 0.1) is 6.10 Å². The Morgan fingerprint density at radius 1 is 1.06 bits per heavy atom. The molecule has 2 N–H and O–H groups in total. The molecular formula is C25H40N4O2. The zero-order valence-corrected chi connectivity index (χ0v) is 19.4. The van der Waals surface area contributed by atoms with E-state index >= 15 is 0 Å². The van der Waals surface area contributed by atoms with Crippen LogP contribution in [-0.2, 0) is 11.2 Å². The van der Waals surface area contributed by atoms with Gasteiger partial charge >= 0.3 is 0 Å². The van der Waals surface area contributed by atoms with Crippen LogP contribution in [0.3, 0.4) is 0 Å². The molecule has 6 nitrogen and oxygen atoms in total. The van der Waals surface area contributed by atoms with Crippen molar-refractivity contribution in [3.63, 3.8) is 0 Å². The van der Waals surface area contributed by atoms with E-state index in [2.05, 4.69) is 20.4 Å². The number of hydrogen-bond acceptors (Lipinski definition) is 5. The number of benzene rings is 1. The third-order valence-corrected chi connectivity index (χ3v) is 6.92. The first-order valence-electron chi connectivity index (χ1n) is 12.4. The van der Waals surface area contributed by atoms with E-state index in [4.69, 9.17) is 4.74 Å². The minimum atomic E-state index is -0.201. The van der Waals surface area contributed by atoms with Crippen LogP contribution in [0.15, 0.2) is 18.2 Å². The monoisotopic (exact) mass is 428 g/mol. The van der Waals surface area contributed by atoms with E-state index in [1.165, 1.54) is 51.9 Å². The average molecular weight is 429 g/mol. The minimum Gasteiger partial charge on any atom is -0.491 e. The lowest BCUT2D eigenvalue weighted by Gasteiger charge is -2.34. The van der Waals surface area contributed by atoms with Gasteiger partial charge in [0.1, 0.15) is 11.8 Å². The van der Waals surface area contributed by atoms with E-state index < -0.39 is 0 Å². The topological polar surface area (TPSA) is 56.8 Å². The molecule has 31 heavy (non-hydrogen) atoms. The van der Waals surface area contributed by atoms with Crippen molar-refractivity contribution in [1.82, 2.24) is 15.1 Å². The summed E-state index contributed by atoms with van der Waals surface area (Å²) in [6, 6.07) is 6.12. The number of hydrogen-bond donors (Lipinski definition) is 2. The summed E-state index contributed by atoms with van der Waals surface area (Å²) < 4.78 is 5.94. The fourth-order valence-electron chi connectivity index (χ4n) is 5.12. The van der Waals surface area contributed by atoms with Crippen molar-refractivity contribution in [3.05, 3.63) is 23.8 Å². The lowest BCUT2D eigenvalue weighted by molar-refractivity contribution is -0.122. The number of carbonyl (C=O) groups is 1. The van der Waals surface area contributed by atoms with Crippen LogP contribution in [0.1, 0.15) is 57.9 Å². The van der Waals surface area contributed by atoms with Crippen molar-refractivity contribution in [2.24, 2.45) is 0 Å². The molecule has 1 aromatic carbocycles. The smallest absolute Gasteiger partial charge is 0.243 e. The van der Waals surface area contributed by atoms with Gasteiger partial charge in [0.2, 0.25) is 5.91 Å². The highest BCUT2D eigenvalue weighted by Crippen LogP contribution is 2.34. The van der Waals surface area contributed by atoms with Crippen molar-refractivity contribution in [1.29, 1.82) is 0 Å². The molecule has 0 spiro atoms. The molecule has 0 radical (unpaired) electrons. The highest BCUT2D eigenvalue weighted by atomic mass is 16.5. The quantitative estimate of drug-likeness (QED) is 0.698. The van der Waals surface area contributed by atoms with Crippen LogP contribution >= 0.6 is 0 Å². The zero-order valence-electron chi connectivity index (χ0n) is 19.4. The third kappa shape index (κ3) is 6.13.